The molecule has 0 unspecified atom stereocenters. The molecular weight excluding hydrogens is 231 g/mol. The van der Waals surface area contributed by atoms with Crippen molar-refractivity contribution in [3.8, 4) is 0 Å². The monoisotopic (exact) mass is 240 g/mol. The summed E-state index contributed by atoms with van der Waals surface area (Å²) in [5.74, 6) is 1.46. The normalized spacial score (nSPS) is 11.6. The molecule has 2 rings (SSSR count). The fraction of sp³-hybridized carbons (Fsp3) is 0.167. The van der Waals surface area contributed by atoms with Crippen LogP contribution in [0.15, 0.2) is 34.8 Å². The summed E-state index contributed by atoms with van der Waals surface area (Å²) in [5.41, 5.74) is 0.852. The van der Waals surface area contributed by atoms with Gasteiger partial charge in [0.1, 0.15) is 11.3 Å². The highest BCUT2D eigenvalue weighted by Crippen LogP contribution is 2.23. The molecule has 0 aliphatic heterocycles. The highest BCUT2D eigenvalue weighted by atomic mass is 35.5. The quantitative estimate of drug-likeness (QED) is 0.708. The molecule has 1 nitrogen and oxygen atoms in total. The summed E-state index contributed by atoms with van der Waals surface area (Å²) < 4.78 is 5.58. The third kappa shape index (κ3) is 2.55. The maximum Gasteiger partial charge on any atom is 0.134 e. The van der Waals surface area contributed by atoms with Crippen LogP contribution in [0.2, 0.25) is 5.02 Å². The first-order valence-corrected chi connectivity index (χ1v) is 5.62. The van der Waals surface area contributed by atoms with Crippen molar-refractivity contribution in [1.29, 1.82) is 0 Å². The van der Waals surface area contributed by atoms with Crippen LogP contribution in [0.1, 0.15) is 12.2 Å². The van der Waals surface area contributed by atoms with Crippen LogP contribution in [0.4, 0.5) is 0 Å². The van der Waals surface area contributed by atoms with Gasteiger partial charge in [-0.2, -0.15) is 0 Å². The first-order valence-electron chi connectivity index (χ1n) is 4.71. The van der Waals surface area contributed by atoms with Crippen molar-refractivity contribution in [2.24, 2.45) is 0 Å². The van der Waals surface area contributed by atoms with Gasteiger partial charge in [0.05, 0.1) is 0 Å². The molecule has 0 aliphatic carbocycles. The van der Waals surface area contributed by atoms with Gasteiger partial charge in [-0.1, -0.05) is 17.7 Å². The van der Waals surface area contributed by atoms with Gasteiger partial charge in [-0.3, -0.25) is 0 Å². The van der Waals surface area contributed by atoms with E-state index in [1.54, 1.807) is 0 Å². The summed E-state index contributed by atoms with van der Waals surface area (Å²) in [5, 5.41) is 1.74. The van der Waals surface area contributed by atoms with Gasteiger partial charge in [-0.15, -0.1) is 11.6 Å². The SMILES string of the molecule is ClCC/C=C/c1cc2cc(Cl)ccc2o1. The molecule has 3 heteroatoms. The average Bonchev–Trinajstić information content (AvgIpc) is 2.60. The summed E-state index contributed by atoms with van der Waals surface area (Å²) in [4.78, 5) is 0. The number of alkyl halides is 1. The summed E-state index contributed by atoms with van der Waals surface area (Å²) >= 11 is 11.4. The van der Waals surface area contributed by atoms with Crippen LogP contribution in [-0.2, 0) is 0 Å². The lowest BCUT2D eigenvalue weighted by Crippen LogP contribution is -1.66. The lowest BCUT2D eigenvalue weighted by Gasteiger charge is -1.87. The van der Waals surface area contributed by atoms with E-state index < -0.39 is 0 Å². The van der Waals surface area contributed by atoms with Gasteiger partial charge >= 0.3 is 0 Å². The third-order valence-electron chi connectivity index (χ3n) is 2.06. The largest absolute Gasteiger partial charge is 0.457 e. The number of benzene rings is 1. The van der Waals surface area contributed by atoms with Crippen LogP contribution < -0.4 is 0 Å². The molecule has 0 aliphatic rings. The van der Waals surface area contributed by atoms with Crippen LogP contribution in [0.25, 0.3) is 17.0 Å². The lowest BCUT2D eigenvalue weighted by atomic mass is 10.2. The summed E-state index contributed by atoms with van der Waals surface area (Å²) in [6.07, 6.45) is 4.77. The van der Waals surface area contributed by atoms with Crippen molar-refractivity contribution in [2.75, 3.05) is 5.88 Å². The predicted molar refractivity (Wildman–Crippen MR) is 65.6 cm³/mol. The maximum atomic E-state index is 5.88. The smallest absolute Gasteiger partial charge is 0.134 e. The third-order valence-corrected chi connectivity index (χ3v) is 2.51. The van der Waals surface area contributed by atoms with E-state index in [-0.39, 0.29) is 0 Å². The second kappa shape index (κ2) is 4.73. The Balaban J connectivity index is 2.30. The maximum absolute atomic E-state index is 5.88. The summed E-state index contributed by atoms with van der Waals surface area (Å²) in [6, 6.07) is 7.54. The van der Waals surface area contributed by atoms with E-state index in [9.17, 15) is 0 Å². The number of rotatable bonds is 3. The fourth-order valence-corrected chi connectivity index (χ4v) is 1.69. The summed E-state index contributed by atoms with van der Waals surface area (Å²) in [6.45, 7) is 0. The molecule has 0 N–H and O–H groups in total. The molecule has 15 heavy (non-hydrogen) atoms. The number of hydrogen-bond donors (Lipinski definition) is 0. The zero-order valence-corrected chi connectivity index (χ0v) is 9.55. The molecule has 0 saturated carbocycles. The molecule has 0 atom stereocenters. The van der Waals surface area contributed by atoms with Crippen molar-refractivity contribution < 1.29 is 4.42 Å². The zero-order chi connectivity index (χ0) is 10.7. The van der Waals surface area contributed by atoms with Gasteiger partial charge < -0.3 is 4.42 Å². The van der Waals surface area contributed by atoms with Gasteiger partial charge in [0.25, 0.3) is 0 Å². The average molecular weight is 241 g/mol. The minimum absolute atomic E-state index is 0.628. The molecule has 0 amide bonds. The van der Waals surface area contributed by atoms with Crippen molar-refractivity contribution in [3.63, 3.8) is 0 Å². The Bertz CT molecular complexity index is 485. The first-order chi connectivity index (χ1) is 7.29. The number of furan rings is 1. The second-order valence-electron chi connectivity index (χ2n) is 3.21. The van der Waals surface area contributed by atoms with Crippen molar-refractivity contribution in [2.45, 2.75) is 6.42 Å². The van der Waals surface area contributed by atoms with Gasteiger partial charge in [0.2, 0.25) is 0 Å². The highest BCUT2D eigenvalue weighted by molar-refractivity contribution is 6.31. The predicted octanol–water partition coefficient (Wildman–Crippen LogP) is 4.73. The molecule has 0 spiro atoms. The molecule has 0 saturated heterocycles. The first kappa shape index (κ1) is 10.6. The van der Waals surface area contributed by atoms with E-state index in [0.717, 1.165) is 28.2 Å². The van der Waals surface area contributed by atoms with E-state index in [2.05, 4.69) is 0 Å². The van der Waals surface area contributed by atoms with Crippen molar-refractivity contribution in [1.82, 2.24) is 0 Å². The standard InChI is InChI=1S/C12H10Cl2O/c13-6-2-1-3-11-8-9-7-10(14)4-5-12(9)15-11/h1,3-5,7-8H,2,6H2/b3-1+. The molecule has 2 aromatic rings. The van der Waals surface area contributed by atoms with Gasteiger partial charge in [-0.05, 0) is 36.8 Å². The Labute approximate surface area is 98.3 Å². The van der Waals surface area contributed by atoms with E-state index in [1.165, 1.54) is 0 Å². The topological polar surface area (TPSA) is 13.1 Å². The minimum Gasteiger partial charge on any atom is -0.457 e. The summed E-state index contributed by atoms with van der Waals surface area (Å²) in [7, 11) is 0. The van der Waals surface area contributed by atoms with Crippen LogP contribution in [0, 0.1) is 0 Å². The number of halogens is 2. The van der Waals surface area contributed by atoms with E-state index in [4.69, 9.17) is 27.6 Å². The molecule has 78 valence electrons. The molecule has 1 aromatic heterocycles. The minimum atomic E-state index is 0.628. The van der Waals surface area contributed by atoms with Crippen LogP contribution in [0.3, 0.4) is 0 Å². The molecular formula is C12H10Cl2O. The Morgan fingerprint density at radius 3 is 2.93 bits per heavy atom. The lowest BCUT2D eigenvalue weighted by molar-refractivity contribution is 0.604. The van der Waals surface area contributed by atoms with E-state index in [1.807, 2.05) is 36.4 Å². The van der Waals surface area contributed by atoms with Crippen LogP contribution >= 0.6 is 23.2 Å². The van der Waals surface area contributed by atoms with Crippen LogP contribution in [0.5, 0.6) is 0 Å². The fourth-order valence-electron chi connectivity index (χ4n) is 1.38. The molecule has 0 bridgehead atoms. The Kier molecular flexibility index (Phi) is 3.34. The van der Waals surface area contributed by atoms with E-state index in [0.29, 0.717) is 5.88 Å². The van der Waals surface area contributed by atoms with Crippen molar-refractivity contribution in [3.05, 3.63) is 41.1 Å². The van der Waals surface area contributed by atoms with Crippen LogP contribution in [-0.4, -0.2) is 5.88 Å². The Morgan fingerprint density at radius 2 is 2.13 bits per heavy atom. The molecule has 1 aromatic carbocycles. The highest BCUT2D eigenvalue weighted by Gasteiger charge is 2.00. The zero-order valence-electron chi connectivity index (χ0n) is 8.04. The van der Waals surface area contributed by atoms with Gasteiger partial charge in [0.15, 0.2) is 0 Å². The van der Waals surface area contributed by atoms with Gasteiger partial charge in [0, 0.05) is 16.3 Å². The second-order valence-corrected chi connectivity index (χ2v) is 4.03. The molecule has 1 heterocycles. The van der Waals surface area contributed by atoms with Crippen molar-refractivity contribution >= 4 is 40.2 Å². The Morgan fingerprint density at radius 1 is 1.27 bits per heavy atom. The van der Waals surface area contributed by atoms with E-state index >= 15 is 0 Å². The number of fused-ring (bicyclic) bond motifs is 1. The van der Waals surface area contributed by atoms with Gasteiger partial charge in [-0.25, -0.2) is 0 Å². The number of allylic oxidation sites excluding steroid dienone is 1. The molecule has 0 radical (unpaired) electrons. The Hall–Kier alpha value is -0.920. The molecule has 0 fully saturated rings. The number of hydrogen-bond acceptors (Lipinski definition) is 1.